The van der Waals surface area contributed by atoms with Crippen LogP contribution in [-0.4, -0.2) is 14.4 Å². The quantitative estimate of drug-likeness (QED) is 0.701. The minimum Gasteiger partial charge on any atom is -0.421 e. The number of anilines is 1. The monoisotopic (exact) mass is 234 g/mol. The molecule has 0 atom stereocenters. The number of oxazole rings is 1. The zero-order valence-electron chi connectivity index (χ0n) is 8.89. The van der Waals surface area contributed by atoms with Crippen molar-refractivity contribution in [3.05, 3.63) is 23.1 Å². The average molecular weight is 234 g/mol. The first-order valence-corrected chi connectivity index (χ1v) is 5.63. The summed E-state index contributed by atoms with van der Waals surface area (Å²) in [6.07, 6.45) is 3.75. The molecule has 16 heavy (non-hydrogen) atoms. The van der Waals surface area contributed by atoms with Crippen molar-refractivity contribution in [2.75, 3.05) is 5.73 Å². The maximum atomic E-state index is 5.86. The molecule has 0 aliphatic carbocycles. The summed E-state index contributed by atoms with van der Waals surface area (Å²) in [7, 11) is 0. The second-order valence-corrected chi connectivity index (χ2v) is 4.85. The van der Waals surface area contributed by atoms with E-state index in [9.17, 15) is 0 Å². The number of aryl methyl sites for hydroxylation is 2. The molecule has 0 aromatic carbocycles. The molecule has 0 aliphatic heterocycles. The van der Waals surface area contributed by atoms with E-state index in [1.807, 2.05) is 30.6 Å². The fourth-order valence-corrected chi connectivity index (χ4v) is 2.34. The maximum absolute atomic E-state index is 5.86. The van der Waals surface area contributed by atoms with Crippen molar-refractivity contribution >= 4 is 22.2 Å². The highest BCUT2D eigenvalue weighted by molar-refractivity contribution is 7.16. The molecular weight excluding hydrogens is 224 g/mol. The Morgan fingerprint density at radius 2 is 2.12 bits per heavy atom. The topological polar surface area (TPSA) is 69.3 Å². The highest BCUT2D eigenvalue weighted by Crippen LogP contribution is 2.31. The van der Waals surface area contributed by atoms with E-state index in [0.717, 1.165) is 10.7 Å². The van der Waals surface area contributed by atoms with Gasteiger partial charge in [0.15, 0.2) is 5.76 Å². The van der Waals surface area contributed by atoms with Gasteiger partial charge in [0.2, 0.25) is 0 Å². The van der Waals surface area contributed by atoms with Gasteiger partial charge >= 0.3 is 5.84 Å². The van der Waals surface area contributed by atoms with Crippen molar-refractivity contribution in [2.24, 2.45) is 0 Å². The van der Waals surface area contributed by atoms with E-state index in [-0.39, 0.29) is 0 Å². The Labute approximate surface area is 95.6 Å². The van der Waals surface area contributed by atoms with E-state index in [0.29, 0.717) is 22.3 Å². The highest BCUT2D eigenvalue weighted by Gasteiger charge is 2.14. The number of hydrogen-bond donors (Lipinski definition) is 1. The molecule has 3 aromatic rings. The Morgan fingerprint density at radius 1 is 1.31 bits per heavy atom. The third-order valence-electron chi connectivity index (χ3n) is 2.27. The molecule has 3 aromatic heterocycles. The van der Waals surface area contributed by atoms with Gasteiger partial charge in [0.25, 0.3) is 0 Å². The summed E-state index contributed by atoms with van der Waals surface area (Å²) < 4.78 is 7.42. The van der Waals surface area contributed by atoms with Crippen LogP contribution in [0, 0.1) is 13.8 Å². The number of nitrogen functional groups attached to an aromatic ring is 1. The summed E-state index contributed by atoms with van der Waals surface area (Å²) >= 11 is 1.46. The lowest BCUT2D eigenvalue weighted by molar-refractivity contribution is 0.608. The fraction of sp³-hybridized carbons (Fsp3) is 0.200. The van der Waals surface area contributed by atoms with Gasteiger partial charge in [-0.2, -0.15) is 4.98 Å². The van der Waals surface area contributed by atoms with Crippen molar-refractivity contribution in [1.82, 2.24) is 14.4 Å². The maximum Gasteiger partial charge on any atom is 0.306 e. The molecule has 6 heteroatoms. The van der Waals surface area contributed by atoms with E-state index in [1.54, 1.807) is 0 Å². The summed E-state index contributed by atoms with van der Waals surface area (Å²) in [5.41, 5.74) is 7.48. The Balaban J connectivity index is 2.18. The largest absolute Gasteiger partial charge is 0.421 e. The van der Waals surface area contributed by atoms with Gasteiger partial charge in [-0.1, -0.05) is 0 Å². The summed E-state index contributed by atoms with van der Waals surface area (Å²) in [6, 6.07) is 0. The first-order valence-electron chi connectivity index (χ1n) is 4.82. The molecule has 3 rings (SSSR count). The number of rotatable bonds is 1. The molecule has 3 heterocycles. The Bertz CT molecular complexity index is 632. The van der Waals surface area contributed by atoms with Crippen molar-refractivity contribution in [1.29, 1.82) is 0 Å². The predicted octanol–water partition coefficient (Wildman–Crippen LogP) is 2.25. The molecule has 2 N–H and O–H groups in total. The van der Waals surface area contributed by atoms with Crippen LogP contribution in [0.1, 0.15) is 10.7 Å². The zero-order valence-corrected chi connectivity index (χ0v) is 9.71. The van der Waals surface area contributed by atoms with Crippen LogP contribution in [0.3, 0.4) is 0 Å². The lowest BCUT2D eigenvalue weighted by Gasteiger charge is -1.89. The number of imidazole rings is 1. The molecule has 0 bridgehead atoms. The highest BCUT2D eigenvalue weighted by atomic mass is 32.1. The van der Waals surface area contributed by atoms with Gasteiger partial charge in [-0.05, 0) is 13.8 Å². The SMILES string of the molecule is Cc1cn2cc(-c3nc(C)sc3N)oc2n1. The number of thiazole rings is 1. The van der Waals surface area contributed by atoms with Crippen LogP contribution in [0.25, 0.3) is 17.3 Å². The normalized spacial score (nSPS) is 11.4. The van der Waals surface area contributed by atoms with Crippen molar-refractivity contribution < 1.29 is 4.42 Å². The van der Waals surface area contributed by atoms with Gasteiger partial charge in [0.1, 0.15) is 10.7 Å². The number of nitrogens with two attached hydrogens (primary N) is 1. The van der Waals surface area contributed by atoms with Crippen LogP contribution >= 0.6 is 11.3 Å². The van der Waals surface area contributed by atoms with Crippen LogP contribution in [0.2, 0.25) is 0 Å². The van der Waals surface area contributed by atoms with Crippen LogP contribution in [-0.2, 0) is 0 Å². The number of nitrogens with zero attached hydrogens (tertiary/aromatic N) is 3. The Kier molecular flexibility index (Phi) is 1.81. The second kappa shape index (κ2) is 3.08. The minimum atomic E-state index is 0.567. The van der Waals surface area contributed by atoms with Gasteiger partial charge < -0.3 is 10.2 Å². The lowest BCUT2D eigenvalue weighted by Crippen LogP contribution is -1.84. The molecule has 0 amide bonds. The molecule has 0 saturated heterocycles. The minimum absolute atomic E-state index is 0.567. The van der Waals surface area contributed by atoms with Crippen LogP contribution < -0.4 is 5.73 Å². The van der Waals surface area contributed by atoms with E-state index in [1.165, 1.54) is 11.3 Å². The van der Waals surface area contributed by atoms with Gasteiger partial charge in [-0.3, -0.25) is 4.40 Å². The van der Waals surface area contributed by atoms with Crippen LogP contribution in [0.4, 0.5) is 5.00 Å². The van der Waals surface area contributed by atoms with Gasteiger partial charge in [0.05, 0.1) is 16.9 Å². The molecular formula is C10H10N4OS. The summed E-state index contributed by atoms with van der Waals surface area (Å²) in [4.78, 5) is 8.56. The van der Waals surface area contributed by atoms with Gasteiger partial charge in [0, 0.05) is 6.20 Å². The molecule has 0 fully saturated rings. The molecule has 5 nitrogen and oxygen atoms in total. The number of fused-ring (bicyclic) bond motifs is 1. The van der Waals surface area contributed by atoms with E-state index in [4.69, 9.17) is 10.2 Å². The van der Waals surface area contributed by atoms with Gasteiger partial charge in [-0.15, -0.1) is 11.3 Å². The molecule has 0 spiro atoms. The zero-order chi connectivity index (χ0) is 11.3. The Hall–Kier alpha value is -1.82. The first kappa shape index (κ1) is 9.41. The smallest absolute Gasteiger partial charge is 0.306 e. The lowest BCUT2D eigenvalue weighted by atomic mass is 10.4. The third kappa shape index (κ3) is 1.30. The summed E-state index contributed by atoms with van der Waals surface area (Å²) in [5.74, 6) is 1.22. The molecule has 0 radical (unpaired) electrons. The number of aromatic nitrogens is 3. The standard InChI is InChI=1S/C10H10N4OS/c1-5-3-14-4-7(15-10(14)12-5)8-9(11)16-6(2)13-8/h3-4H,11H2,1-2H3. The van der Waals surface area contributed by atoms with E-state index >= 15 is 0 Å². The van der Waals surface area contributed by atoms with Gasteiger partial charge in [-0.25, -0.2) is 4.98 Å². The fourth-order valence-electron chi connectivity index (χ4n) is 1.64. The van der Waals surface area contributed by atoms with Crippen molar-refractivity contribution in [3.63, 3.8) is 0 Å². The van der Waals surface area contributed by atoms with E-state index < -0.39 is 0 Å². The van der Waals surface area contributed by atoms with Crippen LogP contribution in [0.5, 0.6) is 0 Å². The summed E-state index contributed by atoms with van der Waals surface area (Å²) in [5, 5.41) is 1.60. The van der Waals surface area contributed by atoms with Crippen molar-refractivity contribution in [3.8, 4) is 11.5 Å². The Morgan fingerprint density at radius 3 is 2.75 bits per heavy atom. The molecule has 0 aliphatic rings. The molecule has 0 unspecified atom stereocenters. The van der Waals surface area contributed by atoms with Crippen molar-refractivity contribution in [2.45, 2.75) is 13.8 Å². The van der Waals surface area contributed by atoms with E-state index in [2.05, 4.69) is 9.97 Å². The van der Waals surface area contributed by atoms with Crippen LogP contribution in [0.15, 0.2) is 16.8 Å². The summed E-state index contributed by atoms with van der Waals surface area (Å²) in [6.45, 7) is 3.84. The first-order chi connectivity index (χ1) is 7.63. The average Bonchev–Trinajstić information content (AvgIpc) is 2.78. The predicted molar refractivity (Wildman–Crippen MR) is 62.5 cm³/mol. The molecule has 0 saturated carbocycles. The third-order valence-corrected chi connectivity index (χ3v) is 3.07. The number of hydrogen-bond acceptors (Lipinski definition) is 5. The molecule has 82 valence electrons. The second-order valence-electron chi connectivity index (χ2n) is 3.61.